The van der Waals surface area contributed by atoms with Crippen molar-refractivity contribution in [3.63, 3.8) is 0 Å². The van der Waals surface area contributed by atoms with Gasteiger partial charge in [0.15, 0.2) is 11.6 Å². The van der Waals surface area contributed by atoms with E-state index in [1.54, 1.807) is 0 Å². The number of hydrogen-bond acceptors (Lipinski definition) is 2. The maximum atomic E-state index is 12.7. The topological polar surface area (TPSA) is 9.23 Å². The number of hydrogen-bond donors (Lipinski definition) is 1. The van der Waals surface area contributed by atoms with Gasteiger partial charge in [0.05, 0.1) is 0 Å². The van der Waals surface area contributed by atoms with E-state index in [4.69, 9.17) is 0 Å². The van der Waals surface area contributed by atoms with Crippen molar-refractivity contribution in [2.45, 2.75) is 11.3 Å². The first-order valence-electron chi connectivity index (χ1n) is 3.23. The molecule has 0 amide bonds. The standard InChI is InChI=1S/C7H3F5OS/c8-4-1-3(14)2-5(9)6(4)13-7(10,11)12/h1-2,14H. The first kappa shape index (κ1) is 11.1. The van der Waals surface area contributed by atoms with Gasteiger partial charge in [-0.3, -0.25) is 0 Å². The molecule has 1 nitrogen and oxygen atoms in total. The van der Waals surface area contributed by atoms with Gasteiger partial charge in [-0.15, -0.1) is 25.8 Å². The Labute approximate surface area is 80.9 Å². The second-order valence-corrected chi connectivity index (χ2v) is 2.80. The predicted octanol–water partition coefficient (Wildman–Crippen LogP) is 3.15. The van der Waals surface area contributed by atoms with Crippen LogP contribution in [0.3, 0.4) is 0 Å². The summed E-state index contributed by atoms with van der Waals surface area (Å²) >= 11 is 3.57. The molecule has 0 spiro atoms. The molecule has 0 radical (unpaired) electrons. The third-order valence-corrected chi connectivity index (χ3v) is 1.46. The molecule has 0 atom stereocenters. The Bertz CT molecular complexity index is 325. The van der Waals surface area contributed by atoms with Crippen molar-refractivity contribution < 1.29 is 26.7 Å². The fourth-order valence-electron chi connectivity index (χ4n) is 0.760. The van der Waals surface area contributed by atoms with Crippen LogP contribution in [0, 0.1) is 11.6 Å². The number of halogens is 5. The molecule has 0 unspecified atom stereocenters. The minimum atomic E-state index is -5.13. The molecule has 1 aromatic carbocycles. The van der Waals surface area contributed by atoms with E-state index >= 15 is 0 Å². The summed E-state index contributed by atoms with van der Waals surface area (Å²) in [5.74, 6) is -4.38. The Morgan fingerprint density at radius 1 is 1.07 bits per heavy atom. The maximum absolute atomic E-state index is 12.7. The highest BCUT2D eigenvalue weighted by Gasteiger charge is 2.34. The third kappa shape index (κ3) is 2.76. The quantitative estimate of drug-likeness (QED) is 0.576. The van der Waals surface area contributed by atoms with Gasteiger partial charge in [0.2, 0.25) is 5.75 Å². The fraction of sp³-hybridized carbons (Fsp3) is 0.143. The van der Waals surface area contributed by atoms with Crippen molar-refractivity contribution in [1.29, 1.82) is 0 Å². The first-order valence-corrected chi connectivity index (χ1v) is 3.68. The van der Waals surface area contributed by atoms with Crippen molar-refractivity contribution in [1.82, 2.24) is 0 Å². The summed E-state index contributed by atoms with van der Waals surface area (Å²) in [6, 6.07) is 1.24. The molecule has 0 saturated heterocycles. The molecule has 7 heteroatoms. The normalized spacial score (nSPS) is 11.6. The highest BCUT2D eigenvalue weighted by atomic mass is 32.1. The molecule has 0 aliphatic heterocycles. The summed E-state index contributed by atoms with van der Waals surface area (Å²) in [5.41, 5.74) is 0. The Morgan fingerprint density at radius 3 is 1.86 bits per heavy atom. The summed E-state index contributed by atoms with van der Waals surface area (Å²) in [5, 5.41) is 0. The molecule has 1 aromatic rings. The molecule has 78 valence electrons. The van der Waals surface area contributed by atoms with Crippen molar-refractivity contribution in [2.75, 3.05) is 0 Å². The van der Waals surface area contributed by atoms with Crippen LogP contribution in [-0.2, 0) is 0 Å². The molecule has 0 heterocycles. The van der Waals surface area contributed by atoms with Gasteiger partial charge in [0, 0.05) is 4.90 Å². The minimum Gasteiger partial charge on any atom is -0.399 e. The van der Waals surface area contributed by atoms with Crippen LogP contribution in [0.25, 0.3) is 0 Å². The molecule has 0 aliphatic carbocycles. The van der Waals surface area contributed by atoms with Crippen LogP contribution in [0.4, 0.5) is 22.0 Å². The van der Waals surface area contributed by atoms with Crippen molar-refractivity contribution in [3.05, 3.63) is 23.8 Å². The maximum Gasteiger partial charge on any atom is 0.573 e. The molecule has 1 rings (SSSR count). The molecule has 0 aliphatic rings. The molecule has 0 fully saturated rings. The zero-order valence-electron chi connectivity index (χ0n) is 6.40. The number of thiol groups is 1. The summed E-state index contributed by atoms with van der Waals surface area (Å²) < 4.78 is 63.5. The Kier molecular flexibility index (Phi) is 2.89. The second kappa shape index (κ2) is 3.64. The van der Waals surface area contributed by atoms with Crippen LogP contribution in [0.5, 0.6) is 5.75 Å². The van der Waals surface area contributed by atoms with Crippen LogP contribution in [0.2, 0.25) is 0 Å². The van der Waals surface area contributed by atoms with E-state index in [1.807, 2.05) is 0 Å². The van der Waals surface area contributed by atoms with Gasteiger partial charge in [-0.2, -0.15) is 0 Å². The van der Waals surface area contributed by atoms with Crippen molar-refractivity contribution in [2.24, 2.45) is 0 Å². The van der Waals surface area contributed by atoms with Gasteiger partial charge in [-0.25, -0.2) is 8.78 Å². The lowest BCUT2D eigenvalue weighted by Gasteiger charge is -2.10. The van der Waals surface area contributed by atoms with E-state index in [0.29, 0.717) is 12.1 Å². The first-order chi connectivity index (χ1) is 6.29. The monoisotopic (exact) mass is 230 g/mol. The molecule has 14 heavy (non-hydrogen) atoms. The Balaban J connectivity index is 3.09. The Hall–Kier alpha value is -0.980. The van der Waals surface area contributed by atoms with Gasteiger partial charge in [-0.05, 0) is 12.1 Å². The fourth-order valence-corrected chi connectivity index (χ4v) is 0.986. The van der Waals surface area contributed by atoms with Gasteiger partial charge in [0.25, 0.3) is 0 Å². The minimum absolute atomic E-state index is 0.130. The third-order valence-electron chi connectivity index (χ3n) is 1.20. The van der Waals surface area contributed by atoms with Gasteiger partial charge < -0.3 is 4.74 Å². The largest absolute Gasteiger partial charge is 0.573 e. The lowest BCUT2D eigenvalue weighted by atomic mass is 10.3. The zero-order chi connectivity index (χ0) is 10.9. The molecule has 0 bridgehead atoms. The highest BCUT2D eigenvalue weighted by molar-refractivity contribution is 7.80. The van der Waals surface area contributed by atoms with Crippen LogP contribution in [0.15, 0.2) is 17.0 Å². The van der Waals surface area contributed by atoms with Crippen LogP contribution in [-0.4, -0.2) is 6.36 Å². The summed E-state index contributed by atoms with van der Waals surface area (Å²) in [6.07, 6.45) is -5.13. The lowest BCUT2D eigenvalue weighted by Crippen LogP contribution is -2.18. The van der Waals surface area contributed by atoms with Crippen LogP contribution < -0.4 is 4.74 Å². The summed E-state index contributed by atoms with van der Waals surface area (Å²) in [7, 11) is 0. The number of benzene rings is 1. The van der Waals surface area contributed by atoms with E-state index in [-0.39, 0.29) is 4.90 Å². The van der Waals surface area contributed by atoms with Gasteiger partial charge >= 0.3 is 6.36 Å². The molecule has 0 N–H and O–H groups in total. The van der Waals surface area contributed by atoms with Gasteiger partial charge in [0.1, 0.15) is 0 Å². The van der Waals surface area contributed by atoms with Crippen molar-refractivity contribution >= 4 is 12.6 Å². The number of ether oxygens (including phenoxy) is 1. The average molecular weight is 230 g/mol. The van der Waals surface area contributed by atoms with E-state index in [9.17, 15) is 22.0 Å². The number of rotatable bonds is 1. The molecule has 0 saturated carbocycles. The Morgan fingerprint density at radius 2 is 1.50 bits per heavy atom. The number of alkyl halides is 3. The summed E-state index contributed by atoms with van der Waals surface area (Å²) in [4.78, 5) is -0.130. The smallest absolute Gasteiger partial charge is 0.399 e. The van der Waals surface area contributed by atoms with Crippen LogP contribution in [0.1, 0.15) is 0 Å². The molecular formula is C7H3F5OS. The zero-order valence-corrected chi connectivity index (χ0v) is 7.29. The molecule has 0 aromatic heterocycles. The van der Waals surface area contributed by atoms with E-state index in [0.717, 1.165) is 0 Å². The summed E-state index contributed by atoms with van der Waals surface area (Å²) in [6.45, 7) is 0. The van der Waals surface area contributed by atoms with E-state index in [2.05, 4.69) is 17.4 Å². The second-order valence-electron chi connectivity index (χ2n) is 2.29. The van der Waals surface area contributed by atoms with Crippen LogP contribution >= 0.6 is 12.6 Å². The van der Waals surface area contributed by atoms with E-state index < -0.39 is 23.7 Å². The van der Waals surface area contributed by atoms with Gasteiger partial charge in [-0.1, -0.05) is 0 Å². The SMILES string of the molecule is Fc1cc(S)cc(F)c1OC(F)(F)F. The molecular weight excluding hydrogens is 227 g/mol. The average Bonchev–Trinajstić information content (AvgIpc) is 1.95. The predicted molar refractivity (Wildman–Crippen MR) is 40.3 cm³/mol. The van der Waals surface area contributed by atoms with E-state index in [1.165, 1.54) is 0 Å². The highest BCUT2D eigenvalue weighted by Crippen LogP contribution is 2.29. The lowest BCUT2D eigenvalue weighted by molar-refractivity contribution is -0.276. The van der Waals surface area contributed by atoms with Crippen molar-refractivity contribution in [3.8, 4) is 5.75 Å².